The van der Waals surface area contributed by atoms with Crippen molar-refractivity contribution in [2.45, 2.75) is 34.6 Å². The van der Waals surface area contributed by atoms with E-state index in [1.807, 2.05) is 50.9 Å². The first-order valence-corrected chi connectivity index (χ1v) is 8.68. The molecule has 0 bridgehead atoms. The summed E-state index contributed by atoms with van der Waals surface area (Å²) in [6, 6.07) is 5.72. The first kappa shape index (κ1) is 18.0. The molecule has 0 saturated heterocycles. The largest absolute Gasteiger partial charge is 0.344 e. The molecule has 3 aromatic heterocycles. The predicted octanol–water partition coefficient (Wildman–Crippen LogP) is 3.61. The van der Waals surface area contributed by atoms with E-state index in [4.69, 9.17) is 4.52 Å². The highest BCUT2D eigenvalue weighted by Gasteiger charge is 2.16. The van der Waals surface area contributed by atoms with Gasteiger partial charge in [-0.3, -0.25) is 4.98 Å². The molecular formula is C19H24N6O. The van der Waals surface area contributed by atoms with Crippen LogP contribution < -0.4 is 4.90 Å². The SMILES string of the molecule is Cc1cc(-c2nc(-c3cc(C)nc(N(C)CC(C)C)n3)no2)cc(C)n1. The number of rotatable bonds is 5. The minimum Gasteiger partial charge on any atom is -0.344 e. The fraction of sp³-hybridized carbons (Fsp3) is 0.421. The quantitative estimate of drug-likeness (QED) is 0.694. The molecule has 0 radical (unpaired) electrons. The standard InChI is InChI=1S/C19H24N6O/c1-11(2)10-25(6)19-21-14(5)9-16(22-19)17-23-18(26-24-17)15-7-12(3)20-13(4)8-15/h7-9,11H,10H2,1-6H3. The zero-order valence-corrected chi connectivity index (χ0v) is 16.1. The van der Waals surface area contributed by atoms with E-state index in [9.17, 15) is 0 Å². The summed E-state index contributed by atoms with van der Waals surface area (Å²) in [5.74, 6) is 2.09. The average Bonchev–Trinajstić information content (AvgIpc) is 3.02. The van der Waals surface area contributed by atoms with Crippen molar-refractivity contribution in [2.24, 2.45) is 5.92 Å². The van der Waals surface area contributed by atoms with E-state index in [1.54, 1.807) is 0 Å². The summed E-state index contributed by atoms with van der Waals surface area (Å²) in [5.41, 5.74) is 4.20. The molecule has 0 atom stereocenters. The molecule has 0 spiro atoms. The summed E-state index contributed by atoms with van der Waals surface area (Å²) >= 11 is 0. The van der Waals surface area contributed by atoms with Crippen LogP contribution in [0.2, 0.25) is 0 Å². The molecule has 3 rings (SSSR count). The molecule has 3 heterocycles. The average molecular weight is 352 g/mol. The van der Waals surface area contributed by atoms with Crippen LogP contribution in [0.1, 0.15) is 30.9 Å². The topological polar surface area (TPSA) is 80.8 Å². The summed E-state index contributed by atoms with van der Waals surface area (Å²) in [7, 11) is 1.99. The van der Waals surface area contributed by atoms with E-state index in [0.29, 0.717) is 29.3 Å². The molecule has 0 fully saturated rings. The van der Waals surface area contributed by atoms with Crippen molar-refractivity contribution in [1.29, 1.82) is 0 Å². The van der Waals surface area contributed by atoms with Gasteiger partial charge in [0.25, 0.3) is 5.89 Å². The first-order chi connectivity index (χ1) is 12.3. The van der Waals surface area contributed by atoms with Crippen LogP contribution in [0.15, 0.2) is 22.7 Å². The molecule has 136 valence electrons. The lowest BCUT2D eigenvalue weighted by Gasteiger charge is -2.19. The van der Waals surface area contributed by atoms with Gasteiger partial charge in [-0.2, -0.15) is 4.98 Å². The number of nitrogens with zero attached hydrogens (tertiary/aromatic N) is 6. The Hall–Kier alpha value is -2.83. The van der Waals surface area contributed by atoms with Gasteiger partial charge in [-0.15, -0.1) is 0 Å². The number of aromatic nitrogens is 5. The molecule has 0 N–H and O–H groups in total. The van der Waals surface area contributed by atoms with Crippen LogP contribution in [0, 0.1) is 26.7 Å². The molecule has 0 aromatic carbocycles. The summed E-state index contributed by atoms with van der Waals surface area (Å²) in [4.78, 5) is 20.1. The van der Waals surface area contributed by atoms with Crippen LogP contribution in [0.4, 0.5) is 5.95 Å². The maximum atomic E-state index is 5.46. The van der Waals surface area contributed by atoms with Gasteiger partial charge < -0.3 is 9.42 Å². The van der Waals surface area contributed by atoms with Crippen LogP contribution in [0.25, 0.3) is 23.0 Å². The Balaban J connectivity index is 1.95. The monoisotopic (exact) mass is 352 g/mol. The molecule has 26 heavy (non-hydrogen) atoms. The highest BCUT2D eigenvalue weighted by atomic mass is 16.5. The van der Waals surface area contributed by atoms with Crippen molar-refractivity contribution in [3.8, 4) is 23.0 Å². The number of hydrogen-bond donors (Lipinski definition) is 0. The van der Waals surface area contributed by atoms with Gasteiger partial charge in [-0.1, -0.05) is 19.0 Å². The smallest absolute Gasteiger partial charge is 0.258 e. The van der Waals surface area contributed by atoms with E-state index >= 15 is 0 Å². The molecule has 7 nitrogen and oxygen atoms in total. The molecule has 0 unspecified atom stereocenters. The summed E-state index contributed by atoms with van der Waals surface area (Å²) < 4.78 is 5.46. The van der Waals surface area contributed by atoms with E-state index in [0.717, 1.165) is 29.2 Å². The number of pyridine rings is 1. The van der Waals surface area contributed by atoms with Gasteiger partial charge in [0.05, 0.1) is 0 Å². The van der Waals surface area contributed by atoms with E-state index in [1.165, 1.54) is 0 Å². The minimum atomic E-state index is 0.455. The third-order valence-electron chi connectivity index (χ3n) is 3.81. The van der Waals surface area contributed by atoms with Crippen molar-refractivity contribution in [3.63, 3.8) is 0 Å². The lowest BCUT2D eigenvalue weighted by molar-refractivity contribution is 0.432. The van der Waals surface area contributed by atoms with Crippen LogP contribution >= 0.6 is 0 Å². The Morgan fingerprint density at radius 2 is 1.58 bits per heavy atom. The van der Waals surface area contributed by atoms with Gasteiger partial charge >= 0.3 is 0 Å². The van der Waals surface area contributed by atoms with Crippen molar-refractivity contribution in [1.82, 2.24) is 25.1 Å². The Bertz CT molecular complexity index is 898. The molecule has 0 aliphatic carbocycles. The van der Waals surface area contributed by atoms with Crippen molar-refractivity contribution >= 4 is 5.95 Å². The second-order valence-electron chi connectivity index (χ2n) is 7.03. The summed E-state index contributed by atoms with van der Waals surface area (Å²) in [5, 5.41) is 4.11. The maximum Gasteiger partial charge on any atom is 0.258 e. The molecular weight excluding hydrogens is 328 g/mol. The van der Waals surface area contributed by atoms with Gasteiger partial charge in [0.1, 0.15) is 5.69 Å². The Labute approximate surface area is 153 Å². The molecule has 3 aromatic rings. The molecule has 0 saturated carbocycles. The van der Waals surface area contributed by atoms with Gasteiger partial charge in [0.15, 0.2) is 0 Å². The van der Waals surface area contributed by atoms with E-state index < -0.39 is 0 Å². The fourth-order valence-electron chi connectivity index (χ4n) is 2.87. The van der Waals surface area contributed by atoms with E-state index in [-0.39, 0.29) is 0 Å². The number of hydrogen-bond acceptors (Lipinski definition) is 7. The molecule has 0 amide bonds. The second-order valence-corrected chi connectivity index (χ2v) is 7.03. The third kappa shape index (κ3) is 4.04. The first-order valence-electron chi connectivity index (χ1n) is 8.68. The lowest BCUT2D eigenvalue weighted by atomic mass is 10.2. The molecule has 0 aliphatic heterocycles. The Kier molecular flexibility index (Phi) is 4.97. The van der Waals surface area contributed by atoms with Crippen LogP contribution in [0.3, 0.4) is 0 Å². The zero-order chi connectivity index (χ0) is 18.8. The third-order valence-corrected chi connectivity index (χ3v) is 3.81. The molecule has 7 heteroatoms. The predicted molar refractivity (Wildman–Crippen MR) is 101 cm³/mol. The van der Waals surface area contributed by atoms with Crippen LogP contribution in [0.5, 0.6) is 0 Å². The zero-order valence-electron chi connectivity index (χ0n) is 16.1. The van der Waals surface area contributed by atoms with Crippen molar-refractivity contribution in [3.05, 3.63) is 35.3 Å². The van der Waals surface area contributed by atoms with Gasteiger partial charge in [0.2, 0.25) is 11.8 Å². The second kappa shape index (κ2) is 7.19. The van der Waals surface area contributed by atoms with Gasteiger partial charge in [-0.05, 0) is 44.9 Å². The Morgan fingerprint density at radius 1 is 0.923 bits per heavy atom. The fourth-order valence-corrected chi connectivity index (χ4v) is 2.87. The van der Waals surface area contributed by atoms with Crippen LogP contribution in [-0.2, 0) is 0 Å². The molecule has 0 aliphatic rings. The van der Waals surface area contributed by atoms with Crippen molar-refractivity contribution < 1.29 is 4.52 Å². The van der Waals surface area contributed by atoms with E-state index in [2.05, 4.69) is 38.9 Å². The number of aryl methyl sites for hydroxylation is 3. The van der Waals surface area contributed by atoms with Crippen molar-refractivity contribution in [2.75, 3.05) is 18.5 Å². The highest BCUT2D eigenvalue weighted by molar-refractivity contribution is 5.59. The number of anilines is 1. The van der Waals surface area contributed by atoms with Crippen LogP contribution in [-0.4, -0.2) is 38.7 Å². The summed E-state index contributed by atoms with van der Waals surface area (Å²) in [6.45, 7) is 11.0. The normalized spacial score (nSPS) is 11.2. The van der Waals surface area contributed by atoms with Gasteiger partial charge in [0, 0.05) is 36.2 Å². The lowest BCUT2D eigenvalue weighted by Crippen LogP contribution is -2.24. The summed E-state index contributed by atoms with van der Waals surface area (Å²) in [6.07, 6.45) is 0. The minimum absolute atomic E-state index is 0.455. The Morgan fingerprint density at radius 3 is 2.23 bits per heavy atom. The van der Waals surface area contributed by atoms with Gasteiger partial charge in [-0.25, -0.2) is 9.97 Å². The maximum absolute atomic E-state index is 5.46. The highest BCUT2D eigenvalue weighted by Crippen LogP contribution is 2.23.